The summed E-state index contributed by atoms with van der Waals surface area (Å²) in [5.41, 5.74) is 2.38. The van der Waals surface area contributed by atoms with Gasteiger partial charge < -0.3 is 10.1 Å². The summed E-state index contributed by atoms with van der Waals surface area (Å²) in [4.78, 5) is 4.33. The summed E-state index contributed by atoms with van der Waals surface area (Å²) >= 11 is 0. The fourth-order valence-electron chi connectivity index (χ4n) is 1.68. The summed E-state index contributed by atoms with van der Waals surface area (Å²) < 4.78 is 5.68. The van der Waals surface area contributed by atoms with E-state index in [4.69, 9.17) is 4.74 Å². The van der Waals surface area contributed by atoms with Gasteiger partial charge in [0.05, 0.1) is 6.20 Å². The molecule has 0 saturated carbocycles. The lowest BCUT2D eigenvalue weighted by Gasteiger charge is -2.27. The molecule has 3 nitrogen and oxygen atoms in total. The van der Waals surface area contributed by atoms with Crippen molar-refractivity contribution >= 4 is 0 Å². The maximum absolute atomic E-state index is 5.68. The Bertz CT molecular complexity index is 334. The van der Waals surface area contributed by atoms with Crippen molar-refractivity contribution in [3.8, 4) is 5.75 Å². The minimum Gasteiger partial charge on any atom is -0.490 e. The van der Waals surface area contributed by atoms with Crippen LogP contribution in [0.1, 0.15) is 24.6 Å². The maximum Gasteiger partial charge on any atom is 0.137 e. The Hall–Kier alpha value is -1.09. The number of hydrogen-bond acceptors (Lipinski definition) is 3. The van der Waals surface area contributed by atoms with Crippen LogP contribution in [0.5, 0.6) is 5.75 Å². The van der Waals surface area contributed by atoms with Crippen LogP contribution in [0.3, 0.4) is 0 Å². The minimum absolute atomic E-state index is 0.538. The van der Waals surface area contributed by atoms with E-state index in [1.54, 1.807) is 0 Å². The van der Waals surface area contributed by atoms with Gasteiger partial charge in [0, 0.05) is 11.7 Å². The van der Waals surface area contributed by atoms with Gasteiger partial charge in [-0.2, -0.15) is 0 Å². The van der Waals surface area contributed by atoms with Crippen LogP contribution in [0.4, 0.5) is 0 Å². The third-order valence-corrected chi connectivity index (χ3v) is 2.92. The van der Waals surface area contributed by atoms with Crippen molar-refractivity contribution in [2.45, 2.75) is 32.7 Å². The molecule has 1 N–H and O–H groups in total. The van der Waals surface area contributed by atoms with Crippen molar-refractivity contribution in [3.63, 3.8) is 0 Å². The molecule has 0 radical (unpaired) electrons. The standard InChI is InChI=1S/C12H18N2O/c1-3-10-6-12(7-14-9(10)2)15-8-11-4-5-13-11/h6-7,11,13H,3-5,8H2,1-2H3/t11-/m0/s1. The Morgan fingerprint density at radius 3 is 3.00 bits per heavy atom. The van der Waals surface area contributed by atoms with Gasteiger partial charge in [0.1, 0.15) is 12.4 Å². The summed E-state index contributed by atoms with van der Waals surface area (Å²) in [6.45, 7) is 6.06. The Kier molecular flexibility index (Phi) is 3.21. The van der Waals surface area contributed by atoms with E-state index in [0.717, 1.165) is 31.0 Å². The van der Waals surface area contributed by atoms with Crippen molar-refractivity contribution in [1.82, 2.24) is 10.3 Å². The second-order valence-electron chi connectivity index (χ2n) is 4.02. The SMILES string of the molecule is CCc1cc(OC[C@@H]2CCN2)cnc1C. The topological polar surface area (TPSA) is 34.1 Å². The van der Waals surface area contributed by atoms with Gasteiger partial charge in [-0.1, -0.05) is 6.92 Å². The molecule has 3 heteroatoms. The lowest BCUT2D eigenvalue weighted by molar-refractivity contribution is 0.216. The van der Waals surface area contributed by atoms with Gasteiger partial charge in [-0.15, -0.1) is 0 Å². The quantitative estimate of drug-likeness (QED) is 0.814. The first-order valence-corrected chi connectivity index (χ1v) is 5.61. The Morgan fingerprint density at radius 2 is 2.40 bits per heavy atom. The fourth-order valence-corrected chi connectivity index (χ4v) is 1.68. The van der Waals surface area contributed by atoms with Crippen LogP contribution in [0.15, 0.2) is 12.3 Å². The predicted octanol–water partition coefficient (Wildman–Crippen LogP) is 1.69. The van der Waals surface area contributed by atoms with E-state index in [2.05, 4.69) is 23.3 Å². The van der Waals surface area contributed by atoms with Crippen molar-refractivity contribution in [3.05, 3.63) is 23.5 Å². The van der Waals surface area contributed by atoms with E-state index < -0.39 is 0 Å². The number of pyridine rings is 1. The lowest BCUT2D eigenvalue weighted by Crippen LogP contribution is -2.46. The van der Waals surface area contributed by atoms with Gasteiger partial charge in [-0.3, -0.25) is 4.98 Å². The van der Waals surface area contributed by atoms with E-state index in [-0.39, 0.29) is 0 Å². The van der Waals surface area contributed by atoms with Gasteiger partial charge in [0.15, 0.2) is 0 Å². The van der Waals surface area contributed by atoms with Gasteiger partial charge in [-0.25, -0.2) is 0 Å². The second-order valence-corrected chi connectivity index (χ2v) is 4.02. The normalized spacial score (nSPS) is 19.7. The average Bonchev–Trinajstić information content (AvgIpc) is 2.18. The second kappa shape index (κ2) is 4.62. The molecule has 1 aromatic rings. The number of aryl methyl sites for hydroxylation is 2. The average molecular weight is 206 g/mol. The molecule has 15 heavy (non-hydrogen) atoms. The van der Waals surface area contributed by atoms with Gasteiger partial charge >= 0.3 is 0 Å². The number of nitrogens with zero attached hydrogens (tertiary/aromatic N) is 1. The highest BCUT2D eigenvalue weighted by molar-refractivity contribution is 5.28. The molecular weight excluding hydrogens is 188 g/mol. The zero-order valence-electron chi connectivity index (χ0n) is 9.42. The molecule has 0 aromatic carbocycles. The molecule has 1 saturated heterocycles. The highest BCUT2D eigenvalue weighted by Crippen LogP contribution is 2.16. The van der Waals surface area contributed by atoms with Crippen molar-refractivity contribution in [2.75, 3.05) is 13.2 Å². The van der Waals surface area contributed by atoms with E-state index in [0.29, 0.717) is 6.04 Å². The largest absolute Gasteiger partial charge is 0.490 e. The number of aromatic nitrogens is 1. The molecule has 0 bridgehead atoms. The Morgan fingerprint density at radius 1 is 1.60 bits per heavy atom. The minimum atomic E-state index is 0.538. The lowest BCUT2D eigenvalue weighted by atomic mass is 10.1. The monoisotopic (exact) mass is 206 g/mol. The first kappa shape index (κ1) is 10.4. The molecule has 1 aromatic heterocycles. The van der Waals surface area contributed by atoms with Crippen molar-refractivity contribution in [2.24, 2.45) is 0 Å². The van der Waals surface area contributed by atoms with Crippen molar-refractivity contribution < 1.29 is 4.74 Å². The van der Waals surface area contributed by atoms with E-state index in [1.165, 1.54) is 12.0 Å². The molecule has 1 atom stereocenters. The van der Waals surface area contributed by atoms with Crippen LogP contribution >= 0.6 is 0 Å². The summed E-state index contributed by atoms with van der Waals surface area (Å²) in [6.07, 6.45) is 4.05. The summed E-state index contributed by atoms with van der Waals surface area (Å²) in [5, 5.41) is 3.31. The molecule has 1 aliphatic rings. The first-order chi connectivity index (χ1) is 7.29. The van der Waals surface area contributed by atoms with Crippen LogP contribution in [0.25, 0.3) is 0 Å². The smallest absolute Gasteiger partial charge is 0.137 e. The van der Waals surface area contributed by atoms with Crippen LogP contribution in [0, 0.1) is 6.92 Å². The number of rotatable bonds is 4. The molecule has 2 heterocycles. The van der Waals surface area contributed by atoms with E-state index in [9.17, 15) is 0 Å². The molecule has 1 aliphatic heterocycles. The first-order valence-electron chi connectivity index (χ1n) is 5.61. The number of nitrogens with one attached hydrogen (secondary N) is 1. The Labute approximate surface area is 90.9 Å². The molecule has 0 spiro atoms. The maximum atomic E-state index is 5.68. The molecule has 0 amide bonds. The van der Waals surface area contributed by atoms with Gasteiger partial charge in [-0.05, 0) is 37.9 Å². The number of ether oxygens (including phenoxy) is 1. The van der Waals surface area contributed by atoms with Gasteiger partial charge in [0.25, 0.3) is 0 Å². The Balaban J connectivity index is 1.95. The highest BCUT2D eigenvalue weighted by atomic mass is 16.5. The van der Waals surface area contributed by atoms with Crippen LogP contribution in [0.2, 0.25) is 0 Å². The summed E-state index contributed by atoms with van der Waals surface area (Å²) in [7, 11) is 0. The molecule has 0 unspecified atom stereocenters. The van der Waals surface area contributed by atoms with Crippen LogP contribution in [-0.2, 0) is 6.42 Å². The van der Waals surface area contributed by atoms with Gasteiger partial charge in [0.2, 0.25) is 0 Å². The summed E-state index contributed by atoms with van der Waals surface area (Å²) in [5.74, 6) is 0.895. The van der Waals surface area contributed by atoms with E-state index in [1.807, 2.05) is 13.1 Å². The molecule has 1 fully saturated rings. The number of hydrogen-bond donors (Lipinski definition) is 1. The molecular formula is C12H18N2O. The zero-order valence-corrected chi connectivity index (χ0v) is 9.42. The van der Waals surface area contributed by atoms with Crippen LogP contribution < -0.4 is 10.1 Å². The predicted molar refractivity (Wildman–Crippen MR) is 60.3 cm³/mol. The zero-order chi connectivity index (χ0) is 10.7. The fraction of sp³-hybridized carbons (Fsp3) is 0.583. The molecule has 2 rings (SSSR count). The highest BCUT2D eigenvalue weighted by Gasteiger charge is 2.16. The third-order valence-electron chi connectivity index (χ3n) is 2.92. The third kappa shape index (κ3) is 2.48. The molecule has 0 aliphatic carbocycles. The van der Waals surface area contributed by atoms with Crippen LogP contribution in [-0.4, -0.2) is 24.2 Å². The van der Waals surface area contributed by atoms with E-state index >= 15 is 0 Å². The summed E-state index contributed by atoms with van der Waals surface area (Å²) in [6, 6.07) is 2.64. The molecule has 82 valence electrons. The van der Waals surface area contributed by atoms with Crippen molar-refractivity contribution in [1.29, 1.82) is 0 Å².